The summed E-state index contributed by atoms with van der Waals surface area (Å²) in [4.78, 5) is 11.9. The van der Waals surface area contributed by atoms with Crippen LogP contribution in [0, 0.1) is 0 Å². The van der Waals surface area contributed by atoms with E-state index in [1.165, 1.54) is 0 Å². The third kappa shape index (κ3) is 2.58. The number of para-hydroxylation sites is 1. The maximum absolute atomic E-state index is 12.6. The molecule has 1 amide bonds. The first-order valence-electron chi connectivity index (χ1n) is 6.88. The predicted molar refractivity (Wildman–Crippen MR) is 71.5 cm³/mol. The van der Waals surface area contributed by atoms with Crippen molar-refractivity contribution in [1.29, 1.82) is 0 Å². The first-order valence-corrected chi connectivity index (χ1v) is 6.88. The van der Waals surface area contributed by atoms with Gasteiger partial charge in [-0.05, 0) is 18.1 Å². The standard InChI is InChI=1S/C14H15F3N2O3/c15-14(16,17)22-11-7-13(5-6-19(11)12(20)21)8-18-10-4-2-1-3-9(10)13/h1-4,11,18H,5-8H2,(H,20,21). The van der Waals surface area contributed by atoms with Crippen LogP contribution in [-0.4, -0.2) is 41.8 Å². The van der Waals surface area contributed by atoms with Gasteiger partial charge < -0.3 is 10.4 Å². The van der Waals surface area contributed by atoms with Gasteiger partial charge in [-0.1, -0.05) is 18.2 Å². The van der Waals surface area contributed by atoms with Crippen LogP contribution in [0.4, 0.5) is 23.7 Å². The number of hydrogen-bond acceptors (Lipinski definition) is 3. The number of carbonyl (C=O) groups is 1. The summed E-state index contributed by atoms with van der Waals surface area (Å²) in [5.74, 6) is 0. The van der Waals surface area contributed by atoms with E-state index in [9.17, 15) is 18.0 Å². The fraction of sp³-hybridized carbons (Fsp3) is 0.500. The van der Waals surface area contributed by atoms with E-state index in [1.54, 1.807) is 0 Å². The average molecular weight is 316 g/mol. The molecule has 120 valence electrons. The monoisotopic (exact) mass is 316 g/mol. The molecular weight excluding hydrogens is 301 g/mol. The average Bonchev–Trinajstić information content (AvgIpc) is 2.76. The quantitative estimate of drug-likeness (QED) is 0.836. The van der Waals surface area contributed by atoms with Gasteiger partial charge in [0.05, 0.1) is 0 Å². The van der Waals surface area contributed by atoms with E-state index in [1.807, 2.05) is 24.3 Å². The van der Waals surface area contributed by atoms with Crippen molar-refractivity contribution in [3.63, 3.8) is 0 Å². The lowest BCUT2D eigenvalue weighted by molar-refractivity contribution is -0.361. The largest absolute Gasteiger partial charge is 0.524 e. The van der Waals surface area contributed by atoms with Crippen LogP contribution in [0.5, 0.6) is 0 Å². The van der Waals surface area contributed by atoms with E-state index in [-0.39, 0.29) is 13.0 Å². The highest BCUT2D eigenvalue weighted by Gasteiger charge is 2.49. The topological polar surface area (TPSA) is 61.8 Å². The first kappa shape index (κ1) is 15.0. The van der Waals surface area contributed by atoms with E-state index in [0.717, 1.165) is 16.2 Å². The van der Waals surface area contributed by atoms with Crippen LogP contribution >= 0.6 is 0 Å². The number of nitrogens with zero attached hydrogens (tertiary/aromatic N) is 1. The van der Waals surface area contributed by atoms with Crippen LogP contribution in [0.15, 0.2) is 24.3 Å². The first-order chi connectivity index (χ1) is 10.3. The molecular formula is C14H15F3N2O3. The minimum Gasteiger partial charge on any atom is -0.465 e. The summed E-state index contributed by atoms with van der Waals surface area (Å²) < 4.78 is 41.8. The highest BCUT2D eigenvalue weighted by atomic mass is 19.4. The fourth-order valence-corrected chi connectivity index (χ4v) is 3.37. The number of carboxylic acid groups (broad SMARTS) is 1. The Morgan fingerprint density at radius 3 is 2.82 bits per heavy atom. The summed E-state index contributed by atoms with van der Waals surface area (Å²) in [6.07, 6.45) is -7.37. The molecule has 1 aromatic rings. The third-order valence-corrected chi connectivity index (χ3v) is 4.38. The second-order valence-electron chi connectivity index (χ2n) is 5.63. The van der Waals surface area contributed by atoms with Gasteiger partial charge in [0.2, 0.25) is 0 Å². The molecule has 0 aliphatic carbocycles. The number of amides is 1. The van der Waals surface area contributed by atoms with Crippen molar-refractivity contribution in [2.75, 3.05) is 18.4 Å². The molecule has 22 heavy (non-hydrogen) atoms. The second-order valence-corrected chi connectivity index (χ2v) is 5.63. The Kier molecular flexibility index (Phi) is 3.43. The van der Waals surface area contributed by atoms with Crippen LogP contribution in [-0.2, 0) is 10.2 Å². The smallest absolute Gasteiger partial charge is 0.465 e. The Morgan fingerprint density at radius 1 is 1.41 bits per heavy atom. The molecule has 1 saturated heterocycles. The summed E-state index contributed by atoms with van der Waals surface area (Å²) in [5, 5.41) is 12.3. The molecule has 2 heterocycles. The zero-order valence-electron chi connectivity index (χ0n) is 11.6. The van der Waals surface area contributed by atoms with Gasteiger partial charge in [-0.3, -0.25) is 9.64 Å². The minimum absolute atomic E-state index is 0.00605. The Labute approximate surface area is 124 Å². The molecule has 0 radical (unpaired) electrons. The number of rotatable bonds is 1. The van der Waals surface area contributed by atoms with E-state index >= 15 is 0 Å². The summed E-state index contributed by atoms with van der Waals surface area (Å²) in [6.45, 7) is 0.490. The number of piperidine rings is 1. The maximum Gasteiger partial charge on any atom is 0.524 e. The van der Waals surface area contributed by atoms with Crippen molar-refractivity contribution < 1.29 is 27.8 Å². The minimum atomic E-state index is -4.87. The van der Waals surface area contributed by atoms with Gasteiger partial charge >= 0.3 is 12.5 Å². The molecule has 1 fully saturated rings. The lowest BCUT2D eigenvalue weighted by Crippen LogP contribution is -2.54. The van der Waals surface area contributed by atoms with Gasteiger partial charge in [-0.2, -0.15) is 0 Å². The lowest BCUT2D eigenvalue weighted by Gasteiger charge is -2.43. The highest BCUT2D eigenvalue weighted by Crippen LogP contribution is 2.46. The van der Waals surface area contributed by atoms with Crippen molar-refractivity contribution in [2.24, 2.45) is 0 Å². The molecule has 2 aliphatic rings. The van der Waals surface area contributed by atoms with E-state index in [4.69, 9.17) is 5.11 Å². The third-order valence-electron chi connectivity index (χ3n) is 4.38. The molecule has 2 aliphatic heterocycles. The predicted octanol–water partition coefficient (Wildman–Crippen LogP) is 2.99. The molecule has 0 aromatic heterocycles. The molecule has 0 bridgehead atoms. The highest BCUT2D eigenvalue weighted by molar-refractivity contribution is 5.66. The number of anilines is 1. The summed E-state index contributed by atoms with van der Waals surface area (Å²) >= 11 is 0. The van der Waals surface area contributed by atoms with E-state index in [2.05, 4.69) is 10.1 Å². The van der Waals surface area contributed by atoms with Gasteiger partial charge in [0.25, 0.3) is 0 Å². The Bertz CT molecular complexity index is 593. The lowest BCUT2D eigenvalue weighted by atomic mass is 9.73. The summed E-state index contributed by atoms with van der Waals surface area (Å²) in [6, 6.07) is 7.42. The molecule has 0 saturated carbocycles. The SMILES string of the molecule is O=C(O)N1CCC2(CNc3ccccc32)CC1OC(F)(F)F. The zero-order valence-corrected chi connectivity index (χ0v) is 11.6. The molecule has 2 N–H and O–H groups in total. The van der Waals surface area contributed by atoms with Crippen LogP contribution < -0.4 is 5.32 Å². The van der Waals surface area contributed by atoms with Crippen molar-refractivity contribution in [3.8, 4) is 0 Å². The van der Waals surface area contributed by atoms with Gasteiger partial charge in [-0.15, -0.1) is 13.2 Å². The maximum atomic E-state index is 12.6. The Morgan fingerprint density at radius 2 is 2.14 bits per heavy atom. The number of alkyl halides is 3. The molecule has 1 spiro atoms. The molecule has 2 unspecified atom stereocenters. The zero-order chi connectivity index (χ0) is 16.0. The Balaban J connectivity index is 1.90. The van der Waals surface area contributed by atoms with Crippen molar-refractivity contribution in [2.45, 2.75) is 30.8 Å². The van der Waals surface area contributed by atoms with Crippen LogP contribution in [0.1, 0.15) is 18.4 Å². The molecule has 3 rings (SSSR count). The molecule has 1 aromatic carbocycles. The van der Waals surface area contributed by atoms with Gasteiger partial charge in [0.1, 0.15) is 6.23 Å². The van der Waals surface area contributed by atoms with E-state index < -0.39 is 24.1 Å². The van der Waals surface area contributed by atoms with Crippen molar-refractivity contribution in [1.82, 2.24) is 4.90 Å². The normalized spacial score (nSPS) is 27.6. The molecule has 5 nitrogen and oxygen atoms in total. The number of hydrogen-bond donors (Lipinski definition) is 2. The number of likely N-dealkylation sites (tertiary alicyclic amines) is 1. The van der Waals surface area contributed by atoms with Crippen LogP contribution in [0.3, 0.4) is 0 Å². The van der Waals surface area contributed by atoms with Crippen LogP contribution in [0.2, 0.25) is 0 Å². The van der Waals surface area contributed by atoms with Crippen molar-refractivity contribution in [3.05, 3.63) is 29.8 Å². The summed E-state index contributed by atoms with van der Waals surface area (Å²) in [7, 11) is 0. The van der Waals surface area contributed by atoms with Crippen LogP contribution in [0.25, 0.3) is 0 Å². The molecule has 2 atom stereocenters. The second kappa shape index (κ2) is 5.05. The number of ether oxygens (including phenoxy) is 1. The van der Waals surface area contributed by atoms with Gasteiger partial charge in [0.15, 0.2) is 0 Å². The number of nitrogens with one attached hydrogen (secondary N) is 1. The van der Waals surface area contributed by atoms with Gasteiger partial charge in [-0.25, -0.2) is 4.79 Å². The fourth-order valence-electron chi connectivity index (χ4n) is 3.37. The Hall–Kier alpha value is -1.96. The van der Waals surface area contributed by atoms with Gasteiger partial charge in [0, 0.05) is 30.6 Å². The number of fused-ring (bicyclic) bond motifs is 2. The molecule has 8 heteroatoms. The van der Waals surface area contributed by atoms with E-state index in [0.29, 0.717) is 13.0 Å². The summed E-state index contributed by atoms with van der Waals surface area (Å²) in [5.41, 5.74) is 1.28. The number of benzene rings is 1. The number of halogens is 3. The van der Waals surface area contributed by atoms with Crippen molar-refractivity contribution >= 4 is 11.8 Å².